The van der Waals surface area contributed by atoms with Crippen molar-refractivity contribution in [2.75, 3.05) is 0 Å². The van der Waals surface area contributed by atoms with Crippen LogP contribution in [0.2, 0.25) is 0 Å². The third kappa shape index (κ3) is 3.43. The lowest BCUT2D eigenvalue weighted by Gasteiger charge is -1.93. The summed E-state index contributed by atoms with van der Waals surface area (Å²) in [6.45, 7) is 0. The minimum atomic E-state index is -1.06. The smallest absolute Gasteiger partial charge is 0.235 e. The van der Waals surface area contributed by atoms with Gasteiger partial charge in [-0.1, -0.05) is 35.5 Å². The van der Waals surface area contributed by atoms with E-state index >= 15 is 0 Å². The lowest BCUT2D eigenvalue weighted by molar-refractivity contribution is -0.760. The Labute approximate surface area is 84.4 Å². The summed E-state index contributed by atoms with van der Waals surface area (Å²) >= 11 is 0. The first-order chi connectivity index (χ1) is 7.24. The van der Waals surface area contributed by atoms with Crippen molar-refractivity contribution in [3.63, 3.8) is 0 Å². The first-order valence-electron chi connectivity index (χ1n) is 3.86. The van der Waals surface area contributed by atoms with Gasteiger partial charge in [-0.3, -0.25) is 0 Å². The van der Waals surface area contributed by atoms with Crippen LogP contribution in [0, 0.1) is 10.1 Å². The third-order valence-electron chi connectivity index (χ3n) is 1.46. The van der Waals surface area contributed by atoms with Gasteiger partial charge in [0.1, 0.15) is 6.21 Å². The van der Waals surface area contributed by atoms with Crippen LogP contribution in [-0.4, -0.2) is 22.2 Å². The average molecular weight is 209 g/mol. The molecule has 0 bridgehead atoms. The van der Waals surface area contributed by atoms with Crippen molar-refractivity contribution in [3.8, 4) is 0 Å². The molecule has 0 unspecified atom stereocenters. The fraction of sp³-hybridized carbons (Fsp3) is 0. The quantitative estimate of drug-likeness (QED) is 0.347. The Morgan fingerprint density at radius 3 is 2.67 bits per heavy atom. The zero-order valence-electron chi connectivity index (χ0n) is 7.48. The number of rotatable bonds is 4. The molecule has 0 saturated heterocycles. The Kier molecular flexibility index (Phi) is 3.78. The van der Waals surface area contributed by atoms with Crippen LogP contribution in [0.25, 0.3) is 0 Å². The summed E-state index contributed by atoms with van der Waals surface area (Å²) in [6, 6.07) is 8.48. The molecular formula is C8H7N3O4. The largest absolute Gasteiger partial charge is 0.411 e. The van der Waals surface area contributed by atoms with Crippen LogP contribution in [0.15, 0.2) is 40.6 Å². The van der Waals surface area contributed by atoms with Gasteiger partial charge in [0.15, 0.2) is 5.09 Å². The van der Waals surface area contributed by atoms with Crippen molar-refractivity contribution in [1.82, 2.24) is 0 Å². The van der Waals surface area contributed by atoms with Crippen LogP contribution in [0.4, 0.5) is 0 Å². The SMILES string of the molecule is O=[N+]([O-])ON=C(C=NO)c1ccccc1. The zero-order valence-corrected chi connectivity index (χ0v) is 7.48. The molecule has 0 heterocycles. The minimum Gasteiger partial charge on any atom is -0.411 e. The van der Waals surface area contributed by atoms with Crippen molar-refractivity contribution in [2.45, 2.75) is 0 Å². The van der Waals surface area contributed by atoms with Gasteiger partial charge >= 0.3 is 0 Å². The van der Waals surface area contributed by atoms with E-state index in [-0.39, 0.29) is 5.71 Å². The van der Waals surface area contributed by atoms with Crippen molar-refractivity contribution in [1.29, 1.82) is 0 Å². The lowest BCUT2D eigenvalue weighted by Crippen LogP contribution is -2.05. The summed E-state index contributed by atoms with van der Waals surface area (Å²) in [6.07, 6.45) is 0.943. The van der Waals surface area contributed by atoms with Gasteiger partial charge in [0.25, 0.3) is 0 Å². The molecule has 1 aromatic carbocycles. The van der Waals surface area contributed by atoms with Gasteiger partial charge in [-0.2, -0.15) is 4.94 Å². The van der Waals surface area contributed by atoms with Gasteiger partial charge in [-0.25, -0.2) is 10.1 Å². The summed E-state index contributed by atoms with van der Waals surface area (Å²) in [7, 11) is 0. The number of hydrogen-bond donors (Lipinski definition) is 1. The van der Waals surface area contributed by atoms with Crippen LogP contribution < -0.4 is 0 Å². The second-order valence-corrected chi connectivity index (χ2v) is 2.39. The van der Waals surface area contributed by atoms with Crippen LogP contribution >= 0.6 is 0 Å². The number of oxime groups is 2. The van der Waals surface area contributed by atoms with Crippen LogP contribution in [-0.2, 0) is 4.94 Å². The molecule has 0 aliphatic heterocycles. The Morgan fingerprint density at radius 1 is 1.47 bits per heavy atom. The highest BCUT2D eigenvalue weighted by molar-refractivity contribution is 6.37. The first-order valence-corrected chi connectivity index (χ1v) is 3.86. The van der Waals surface area contributed by atoms with Crippen LogP contribution in [0.5, 0.6) is 0 Å². The third-order valence-corrected chi connectivity index (χ3v) is 1.46. The average Bonchev–Trinajstić information content (AvgIpc) is 2.25. The second kappa shape index (κ2) is 5.32. The fourth-order valence-electron chi connectivity index (χ4n) is 0.892. The molecule has 0 saturated carbocycles. The first kappa shape index (κ1) is 10.6. The second-order valence-electron chi connectivity index (χ2n) is 2.39. The van der Waals surface area contributed by atoms with Gasteiger partial charge in [0.2, 0.25) is 5.71 Å². The molecule has 1 aromatic rings. The van der Waals surface area contributed by atoms with E-state index in [1.807, 2.05) is 0 Å². The Balaban J connectivity index is 2.93. The lowest BCUT2D eigenvalue weighted by atomic mass is 10.1. The molecule has 7 heteroatoms. The van der Waals surface area contributed by atoms with Crippen molar-refractivity contribution < 1.29 is 15.2 Å². The molecule has 15 heavy (non-hydrogen) atoms. The van der Waals surface area contributed by atoms with E-state index in [1.54, 1.807) is 30.3 Å². The summed E-state index contributed by atoms with van der Waals surface area (Å²) in [5, 5.41) is 23.1. The van der Waals surface area contributed by atoms with Gasteiger partial charge in [0, 0.05) is 5.56 Å². The van der Waals surface area contributed by atoms with E-state index in [2.05, 4.69) is 15.2 Å². The minimum absolute atomic E-state index is 0.0507. The summed E-state index contributed by atoms with van der Waals surface area (Å²) in [5.41, 5.74) is 0.590. The molecule has 7 nitrogen and oxygen atoms in total. The molecule has 0 fully saturated rings. The maximum Gasteiger partial charge on any atom is 0.235 e. The van der Waals surface area contributed by atoms with Crippen molar-refractivity contribution >= 4 is 11.9 Å². The predicted molar refractivity (Wildman–Crippen MR) is 51.3 cm³/mol. The zero-order chi connectivity index (χ0) is 11.1. The summed E-state index contributed by atoms with van der Waals surface area (Å²) in [5.74, 6) is 0. The molecule has 0 aliphatic carbocycles. The topological polar surface area (TPSA) is 97.3 Å². The number of hydrogen-bond acceptors (Lipinski definition) is 6. The van der Waals surface area contributed by atoms with Crippen molar-refractivity contribution in [3.05, 3.63) is 46.0 Å². The number of benzene rings is 1. The normalized spacial score (nSPS) is 11.6. The van der Waals surface area contributed by atoms with E-state index in [1.165, 1.54) is 0 Å². The van der Waals surface area contributed by atoms with E-state index in [0.717, 1.165) is 6.21 Å². The Hall–Kier alpha value is -2.44. The summed E-state index contributed by atoms with van der Waals surface area (Å²) in [4.78, 5) is 13.7. The van der Waals surface area contributed by atoms with Gasteiger partial charge in [0.05, 0.1) is 5.16 Å². The predicted octanol–water partition coefficient (Wildman–Crippen LogP) is 1.06. The van der Waals surface area contributed by atoms with E-state index in [9.17, 15) is 10.1 Å². The summed E-state index contributed by atoms with van der Waals surface area (Å²) < 4.78 is 0. The van der Waals surface area contributed by atoms with Gasteiger partial charge in [-0.15, -0.1) is 0 Å². The molecule has 1 rings (SSSR count). The fourth-order valence-corrected chi connectivity index (χ4v) is 0.892. The molecule has 0 atom stereocenters. The van der Waals surface area contributed by atoms with Crippen LogP contribution in [0.3, 0.4) is 0 Å². The van der Waals surface area contributed by atoms with E-state index in [0.29, 0.717) is 5.56 Å². The molecular weight excluding hydrogens is 202 g/mol. The van der Waals surface area contributed by atoms with Crippen molar-refractivity contribution in [2.24, 2.45) is 10.3 Å². The molecule has 78 valence electrons. The van der Waals surface area contributed by atoms with Gasteiger partial charge in [-0.05, 0) is 0 Å². The van der Waals surface area contributed by atoms with Gasteiger partial charge < -0.3 is 5.21 Å². The molecule has 0 spiro atoms. The molecule has 0 radical (unpaired) electrons. The molecule has 1 N–H and O–H groups in total. The van der Waals surface area contributed by atoms with E-state index in [4.69, 9.17) is 5.21 Å². The standard InChI is InChI=1S/C8H7N3O4/c12-9-6-8(10-15-11(13)14)7-4-2-1-3-5-7/h1-6,12H. The molecule has 0 aliphatic rings. The molecule has 0 amide bonds. The highest BCUT2D eigenvalue weighted by atomic mass is 17.0. The Morgan fingerprint density at radius 2 is 2.13 bits per heavy atom. The highest BCUT2D eigenvalue weighted by Crippen LogP contribution is 2.00. The highest BCUT2D eigenvalue weighted by Gasteiger charge is 2.06. The Bertz CT molecular complexity index is 388. The monoisotopic (exact) mass is 209 g/mol. The number of nitrogens with zero attached hydrogens (tertiary/aromatic N) is 3. The maximum atomic E-state index is 9.91. The van der Waals surface area contributed by atoms with Crippen LogP contribution in [0.1, 0.15) is 5.56 Å². The van der Waals surface area contributed by atoms with E-state index < -0.39 is 5.09 Å². The maximum absolute atomic E-state index is 9.91. The molecule has 0 aromatic heterocycles.